The molecule has 0 saturated heterocycles. The maximum absolute atomic E-state index is 8.83. The Morgan fingerprint density at radius 1 is 1.62 bits per heavy atom. The quantitative estimate of drug-likeness (QED) is 0.764. The predicted octanol–water partition coefficient (Wildman–Crippen LogP) is 1.42. The van der Waals surface area contributed by atoms with Gasteiger partial charge in [0, 0.05) is 12.7 Å². The van der Waals surface area contributed by atoms with Crippen molar-refractivity contribution in [3.63, 3.8) is 0 Å². The highest BCUT2D eigenvalue weighted by Gasteiger charge is 2.26. The Morgan fingerprint density at radius 3 is 2.92 bits per heavy atom. The summed E-state index contributed by atoms with van der Waals surface area (Å²) in [5, 5.41) is 13.1. The van der Waals surface area contributed by atoms with Crippen molar-refractivity contribution in [2.45, 2.75) is 32.9 Å². The Kier molecular flexibility index (Phi) is 2.36. The Labute approximate surface area is 78.4 Å². The lowest BCUT2D eigenvalue weighted by Gasteiger charge is -2.33. The maximum atomic E-state index is 8.83. The van der Waals surface area contributed by atoms with Crippen LogP contribution in [0, 0.1) is 11.8 Å². The molecule has 2 rings (SSSR count). The van der Waals surface area contributed by atoms with E-state index in [1.54, 1.807) is 0 Å². The molecular weight excluding hydrogens is 164 g/mol. The maximum Gasteiger partial charge on any atom is 0.0878 e. The van der Waals surface area contributed by atoms with Crippen LogP contribution in [0.15, 0.2) is 12.3 Å². The SMILES string of the molecule is C[C@H]1CC[C@@H]1Cn1ccc(CO)n1. The molecule has 72 valence electrons. The summed E-state index contributed by atoms with van der Waals surface area (Å²) >= 11 is 0. The topological polar surface area (TPSA) is 38.0 Å². The van der Waals surface area contributed by atoms with E-state index in [1.807, 2.05) is 16.9 Å². The van der Waals surface area contributed by atoms with Gasteiger partial charge in [0.1, 0.15) is 0 Å². The van der Waals surface area contributed by atoms with Crippen LogP contribution in [0.1, 0.15) is 25.5 Å². The van der Waals surface area contributed by atoms with E-state index in [0.717, 1.165) is 24.1 Å². The minimum atomic E-state index is 0.0488. The molecule has 1 aliphatic rings. The zero-order valence-electron chi connectivity index (χ0n) is 7.98. The van der Waals surface area contributed by atoms with Crippen molar-refractivity contribution in [2.75, 3.05) is 0 Å². The molecule has 1 aromatic rings. The van der Waals surface area contributed by atoms with Gasteiger partial charge in [-0.2, -0.15) is 5.10 Å². The van der Waals surface area contributed by atoms with Crippen LogP contribution in [0.4, 0.5) is 0 Å². The molecule has 1 fully saturated rings. The molecule has 2 atom stereocenters. The van der Waals surface area contributed by atoms with Gasteiger partial charge in [-0.15, -0.1) is 0 Å². The number of rotatable bonds is 3. The van der Waals surface area contributed by atoms with E-state index in [-0.39, 0.29) is 6.61 Å². The van der Waals surface area contributed by atoms with Gasteiger partial charge in [-0.25, -0.2) is 0 Å². The fraction of sp³-hybridized carbons (Fsp3) is 0.700. The summed E-state index contributed by atoms with van der Waals surface area (Å²) in [7, 11) is 0. The third-order valence-electron chi connectivity index (χ3n) is 3.08. The van der Waals surface area contributed by atoms with Crippen LogP contribution < -0.4 is 0 Å². The number of hydrogen-bond acceptors (Lipinski definition) is 2. The van der Waals surface area contributed by atoms with Gasteiger partial charge in [0.25, 0.3) is 0 Å². The summed E-state index contributed by atoms with van der Waals surface area (Å²) in [6.45, 7) is 3.36. The van der Waals surface area contributed by atoms with Crippen molar-refractivity contribution in [3.05, 3.63) is 18.0 Å². The fourth-order valence-corrected chi connectivity index (χ4v) is 1.84. The standard InChI is InChI=1S/C10H16N2O/c1-8-2-3-9(8)6-12-5-4-10(7-13)11-12/h4-5,8-9,13H,2-3,6-7H2,1H3/t8-,9+/m0/s1. The number of hydrogen-bond donors (Lipinski definition) is 1. The Hall–Kier alpha value is -0.830. The molecule has 0 aromatic carbocycles. The summed E-state index contributed by atoms with van der Waals surface area (Å²) < 4.78 is 1.95. The van der Waals surface area contributed by atoms with Gasteiger partial charge < -0.3 is 5.11 Å². The minimum Gasteiger partial charge on any atom is -0.390 e. The van der Waals surface area contributed by atoms with Crippen molar-refractivity contribution in [3.8, 4) is 0 Å². The van der Waals surface area contributed by atoms with Gasteiger partial charge in [0.2, 0.25) is 0 Å². The lowest BCUT2D eigenvalue weighted by molar-refractivity contribution is 0.164. The summed E-state index contributed by atoms with van der Waals surface area (Å²) in [6, 6.07) is 1.88. The summed E-state index contributed by atoms with van der Waals surface area (Å²) in [4.78, 5) is 0. The van der Waals surface area contributed by atoms with Crippen LogP contribution in [0.5, 0.6) is 0 Å². The van der Waals surface area contributed by atoms with Crippen LogP contribution in [0.2, 0.25) is 0 Å². The molecule has 3 nitrogen and oxygen atoms in total. The smallest absolute Gasteiger partial charge is 0.0878 e. The van der Waals surface area contributed by atoms with E-state index in [4.69, 9.17) is 5.11 Å². The molecule has 1 saturated carbocycles. The highest BCUT2D eigenvalue weighted by molar-refractivity contribution is 4.97. The lowest BCUT2D eigenvalue weighted by atomic mass is 9.75. The van der Waals surface area contributed by atoms with E-state index < -0.39 is 0 Å². The van der Waals surface area contributed by atoms with Gasteiger partial charge in [-0.3, -0.25) is 4.68 Å². The van der Waals surface area contributed by atoms with Crippen molar-refractivity contribution in [1.29, 1.82) is 0 Å². The highest BCUT2D eigenvalue weighted by atomic mass is 16.3. The van der Waals surface area contributed by atoms with Crippen LogP contribution in [0.3, 0.4) is 0 Å². The second-order valence-corrected chi connectivity index (χ2v) is 4.00. The van der Waals surface area contributed by atoms with Crippen LogP contribution >= 0.6 is 0 Å². The Morgan fingerprint density at radius 2 is 2.46 bits per heavy atom. The van der Waals surface area contributed by atoms with Crippen molar-refractivity contribution in [1.82, 2.24) is 9.78 Å². The third kappa shape index (κ3) is 1.75. The normalized spacial score (nSPS) is 27.2. The van der Waals surface area contributed by atoms with E-state index in [0.29, 0.717) is 0 Å². The fourth-order valence-electron chi connectivity index (χ4n) is 1.84. The second-order valence-electron chi connectivity index (χ2n) is 4.00. The van der Waals surface area contributed by atoms with Crippen molar-refractivity contribution in [2.24, 2.45) is 11.8 Å². The summed E-state index contributed by atoms with van der Waals surface area (Å²) in [5.74, 6) is 1.65. The number of aliphatic hydroxyl groups excluding tert-OH is 1. The van der Waals surface area contributed by atoms with Gasteiger partial charge in [0.15, 0.2) is 0 Å². The average molecular weight is 180 g/mol. The minimum absolute atomic E-state index is 0.0488. The highest BCUT2D eigenvalue weighted by Crippen LogP contribution is 2.34. The molecule has 1 N–H and O–H groups in total. The van der Waals surface area contributed by atoms with Gasteiger partial charge >= 0.3 is 0 Å². The molecule has 1 aliphatic carbocycles. The second kappa shape index (κ2) is 3.50. The monoisotopic (exact) mass is 180 g/mol. The van der Waals surface area contributed by atoms with Gasteiger partial charge in [-0.05, 0) is 24.3 Å². The average Bonchev–Trinajstić information content (AvgIpc) is 2.59. The van der Waals surface area contributed by atoms with Crippen molar-refractivity contribution >= 4 is 0 Å². The van der Waals surface area contributed by atoms with Gasteiger partial charge in [-0.1, -0.05) is 13.3 Å². The lowest BCUT2D eigenvalue weighted by Crippen LogP contribution is -2.27. The zero-order chi connectivity index (χ0) is 9.26. The predicted molar refractivity (Wildman–Crippen MR) is 50.0 cm³/mol. The van der Waals surface area contributed by atoms with E-state index in [9.17, 15) is 0 Å². The molecule has 0 amide bonds. The molecule has 0 radical (unpaired) electrons. The summed E-state index contributed by atoms with van der Waals surface area (Å²) in [5.41, 5.74) is 0.770. The van der Waals surface area contributed by atoms with Gasteiger partial charge in [0.05, 0.1) is 12.3 Å². The number of aliphatic hydroxyl groups is 1. The number of aromatic nitrogens is 2. The zero-order valence-corrected chi connectivity index (χ0v) is 7.98. The first-order valence-electron chi connectivity index (χ1n) is 4.93. The molecule has 13 heavy (non-hydrogen) atoms. The van der Waals surface area contributed by atoms with Crippen molar-refractivity contribution < 1.29 is 5.11 Å². The largest absolute Gasteiger partial charge is 0.390 e. The molecular formula is C10H16N2O. The molecule has 0 spiro atoms. The van der Waals surface area contributed by atoms with Crippen LogP contribution in [0.25, 0.3) is 0 Å². The van der Waals surface area contributed by atoms with E-state index in [2.05, 4.69) is 12.0 Å². The number of nitrogens with zero attached hydrogens (tertiary/aromatic N) is 2. The van der Waals surface area contributed by atoms with E-state index in [1.165, 1.54) is 12.8 Å². The van der Waals surface area contributed by atoms with Crippen LogP contribution in [-0.2, 0) is 13.2 Å². The van der Waals surface area contributed by atoms with E-state index >= 15 is 0 Å². The molecule has 1 aromatic heterocycles. The molecule has 0 aliphatic heterocycles. The molecule has 3 heteroatoms. The molecule has 0 bridgehead atoms. The first-order chi connectivity index (χ1) is 6.29. The third-order valence-corrected chi connectivity index (χ3v) is 3.08. The molecule has 1 heterocycles. The first kappa shape index (κ1) is 8.75. The Balaban J connectivity index is 1.93. The Bertz CT molecular complexity index is 282. The summed E-state index contributed by atoms with van der Waals surface area (Å²) in [6.07, 6.45) is 4.64. The first-order valence-corrected chi connectivity index (χ1v) is 4.93. The molecule has 0 unspecified atom stereocenters. The van der Waals surface area contributed by atoms with Crippen LogP contribution in [-0.4, -0.2) is 14.9 Å².